The topological polar surface area (TPSA) is 142 Å². The number of para-hydroxylation sites is 2. The lowest BCUT2D eigenvalue weighted by atomic mass is 9.76. The number of fused-ring (bicyclic) bond motifs is 1. The van der Waals surface area contributed by atoms with Gasteiger partial charge >= 0.3 is 0 Å². The van der Waals surface area contributed by atoms with Gasteiger partial charge in [0.1, 0.15) is 5.52 Å². The molecule has 10 heteroatoms. The van der Waals surface area contributed by atoms with E-state index in [0.717, 1.165) is 22.2 Å². The Kier molecular flexibility index (Phi) is 9.17. The van der Waals surface area contributed by atoms with Crippen LogP contribution in [0.4, 0.5) is 10.4 Å². The highest BCUT2D eigenvalue weighted by Gasteiger charge is 2.34. The summed E-state index contributed by atoms with van der Waals surface area (Å²) in [6, 6.07) is 21.6. The molecule has 1 aromatic heterocycles. The second-order valence-corrected chi connectivity index (χ2v) is 10.0. The summed E-state index contributed by atoms with van der Waals surface area (Å²) >= 11 is 0. The van der Waals surface area contributed by atoms with Crippen molar-refractivity contribution < 1.29 is 26.5 Å². The van der Waals surface area contributed by atoms with Crippen LogP contribution >= 0.6 is 0 Å². The summed E-state index contributed by atoms with van der Waals surface area (Å²) in [4.78, 5) is 3.75. The normalized spacial score (nSPS) is 13.6. The number of anilines is 1. The third-order valence-corrected chi connectivity index (χ3v) is 6.74. The molecule has 5 N–H and O–H groups in total. The van der Waals surface area contributed by atoms with Crippen molar-refractivity contribution in [2.45, 2.75) is 24.2 Å². The number of nitrogens with two attached hydrogens (primary N) is 2. The number of aryl methyl sites for hydroxylation is 1. The van der Waals surface area contributed by atoms with Crippen LogP contribution < -0.4 is 11.5 Å². The zero-order chi connectivity index (χ0) is 27.1. The van der Waals surface area contributed by atoms with Crippen LogP contribution in [-0.4, -0.2) is 37.7 Å². The quantitative estimate of drug-likeness (QED) is 0.278. The fraction of sp³-hybridized carbons (Fsp3) is 0.222. The van der Waals surface area contributed by atoms with E-state index in [2.05, 4.69) is 4.98 Å². The summed E-state index contributed by atoms with van der Waals surface area (Å²) < 4.78 is 57.1. The molecule has 1 heterocycles. The summed E-state index contributed by atoms with van der Waals surface area (Å²) in [6.45, 7) is 3.75. The molecular formula is C27H30FN3O5S. The maximum Gasteiger partial charge on any atom is 0.294 e. The first-order chi connectivity index (χ1) is 17.6. The lowest BCUT2D eigenvalue weighted by Gasteiger charge is -2.32. The number of benzene rings is 3. The van der Waals surface area contributed by atoms with Crippen LogP contribution in [0.15, 0.2) is 94.0 Å². The minimum Gasteiger partial charge on any atom is -0.424 e. The summed E-state index contributed by atoms with van der Waals surface area (Å²) in [5.74, 6) is 0. The van der Waals surface area contributed by atoms with E-state index >= 15 is 0 Å². The molecule has 0 aliphatic rings. The average molecular weight is 528 g/mol. The van der Waals surface area contributed by atoms with E-state index in [-0.39, 0.29) is 30.7 Å². The summed E-state index contributed by atoms with van der Waals surface area (Å²) in [5.41, 5.74) is 13.8. The molecular weight excluding hydrogens is 497 g/mol. The molecule has 0 amide bonds. The van der Waals surface area contributed by atoms with E-state index in [1.165, 1.54) is 6.07 Å². The number of halogens is 1. The fourth-order valence-corrected chi connectivity index (χ4v) is 4.64. The molecule has 8 nitrogen and oxygen atoms in total. The average Bonchev–Trinajstić information content (AvgIpc) is 3.27. The molecule has 0 aliphatic carbocycles. The van der Waals surface area contributed by atoms with E-state index in [0.29, 0.717) is 17.5 Å². The molecule has 0 fully saturated rings. The number of hydrogen-bond acceptors (Lipinski definition) is 7. The first kappa shape index (κ1) is 28.0. The van der Waals surface area contributed by atoms with Gasteiger partial charge in [0.15, 0.2) is 5.58 Å². The van der Waals surface area contributed by atoms with Gasteiger partial charge in [-0.15, -0.1) is 0 Å². The minimum atomic E-state index is -4.44. The smallest absolute Gasteiger partial charge is 0.294 e. The van der Waals surface area contributed by atoms with Crippen LogP contribution in [-0.2, 0) is 20.3 Å². The van der Waals surface area contributed by atoms with Crippen LogP contribution in [0.5, 0.6) is 0 Å². The fourth-order valence-electron chi connectivity index (χ4n) is 3.83. The maximum absolute atomic E-state index is 12.8. The van der Waals surface area contributed by atoms with Gasteiger partial charge in [0.25, 0.3) is 16.1 Å². The molecule has 196 valence electrons. The number of aromatic nitrogens is 1. The SMILES string of the molecule is Cc1ccc(S(=O)(=O)O)c(C(C)(COC/C(=C/F)CN)c2ccccc2)c1.Nc1nc2ccccc2o1. The second-order valence-electron chi connectivity index (χ2n) is 8.66. The minimum absolute atomic E-state index is 0.0115. The molecule has 37 heavy (non-hydrogen) atoms. The van der Waals surface area contributed by atoms with Crippen molar-refractivity contribution in [1.82, 2.24) is 4.98 Å². The highest BCUT2D eigenvalue weighted by atomic mass is 32.2. The number of ether oxygens (including phenoxy) is 1. The van der Waals surface area contributed by atoms with Gasteiger partial charge < -0.3 is 20.6 Å². The summed E-state index contributed by atoms with van der Waals surface area (Å²) in [5, 5.41) is 0. The van der Waals surface area contributed by atoms with Gasteiger partial charge in [-0.05, 0) is 48.7 Å². The van der Waals surface area contributed by atoms with Gasteiger partial charge in [0.05, 0.1) is 24.4 Å². The molecule has 0 spiro atoms. The predicted octanol–water partition coefficient (Wildman–Crippen LogP) is 4.79. The van der Waals surface area contributed by atoms with E-state index in [4.69, 9.17) is 20.6 Å². The Morgan fingerprint density at radius 2 is 1.81 bits per heavy atom. The molecule has 0 radical (unpaired) electrons. The van der Waals surface area contributed by atoms with Gasteiger partial charge in [-0.1, -0.05) is 60.2 Å². The summed E-state index contributed by atoms with van der Waals surface area (Å²) in [7, 11) is -4.44. The van der Waals surface area contributed by atoms with E-state index in [1.807, 2.05) is 68.4 Å². The van der Waals surface area contributed by atoms with Crippen LogP contribution in [0.25, 0.3) is 11.1 Å². The third kappa shape index (κ3) is 7.01. The van der Waals surface area contributed by atoms with E-state index in [9.17, 15) is 17.4 Å². The number of nitrogen functional groups attached to an aromatic ring is 1. The Bertz CT molecular complexity index is 1440. The largest absolute Gasteiger partial charge is 0.424 e. The van der Waals surface area contributed by atoms with Crippen molar-refractivity contribution in [2.24, 2.45) is 5.73 Å². The molecule has 0 aliphatic heterocycles. The molecule has 0 bridgehead atoms. The zero-order valence-corrected chi connectivity index (χ0v) is 21.4. The molecule has 4 aromatic rings. The van der Waals surface area contributed by atoms with Crippen molar-refractivity contribution in [3.8, 4) is 0 Å². The number of rotatable bonds is 8. The first-order valence-corrected chi connectivity index (χ1v) is 12.8. The van der Waals surface area contributed by atoms with Crippen molar-refractivity contribution in [1.29, 1.82) is 0 Å². The molecule has 0 saturated carbocycles. The number of oxazole rings is 1. The molecule has 4 rings (SSSR count). The lowest BCUT2D eigenvalue weighted by molar-refractivity contribution is 0.117. The summed E-state index contributed by atoms with van der Waals surface area (Å²) in [6.07, 6.45) is 0.413. The number of nitrogens with zero attached hydrogens (tertiary/aromatic N) is 1. The van der Waals surface area contributed by atoms with E-state index < -0.39 is 15.5 Å². The zero-order valence-electron chi connectivity index (χ0n) is 20.6. The Balaban J connectivity index is 0.000000313. The standard InChI is InChI=1S/C20H24FNO4S.C7H6N2O/c1-15-8-9-19(27(23,24)25)18(10-15)20(2,17-6-4-3-5-7-17)14-26-13-16(11-21)12-22;8-7-9-5-3-1-2-4-6(5)10-7/h3-11H,12-14,22H2,1-2H3,(H,23,24,25);1-4H,(H2,8,9)/b16-11+;. The van der Waals surface area contributed by atoms with Gasteiger partial charge in [0.2, 0.25) is 0 Å². The maximum atomic E-state index is 12.8. The van der Waals surface area contributed by atoms with Crippen LogP contribution in [0.3, 0.4) is 0 Å². The highest BCUT2D eigenvalue weighted by molar-refractivity contribution is 7.85. The number of hydrogen-bond donors (Lipinski definition) is 3. The lowest BCUT2D eigenvalue weighted by Crippen LogP contribution is -2.32. The Morgan fingerprint density at radius 1 is 1.14 bits per heavy atom. The van der Waals surface area contributed by atoms with Gasteiger partial charge in [-0.2, -0.15) is 13.4 Å². The van der Waals surface area contributed by atoms with Crippen LogP contribution in [0, 0.1) is 6.92 Å². The second kappa shape index (κ2) is 12.1. The third-order valence-electron chi connectivity index (χ3n) is 5.82. The Labute approximate surface area is 215 Å². The van der Waals surface area contributed by atoms with Crippen molar-refractivity contribution in [3.63, 3.8) is 0 Å². The molecule has 1 atom stereocenters. The monoisotopic (exact) mass is 527 g/mol. The molecule has 3 aromatic carbocycles. The van der Waals surface area contributed by atoms with Gasteiger partial charge in [0, 0.05) is 12.0 Å². The Hall–Kier alpha value is -3.57. The first-order valence-electron chi connectivity index (χ1n) is 11.4. The molecule has 0 saturated heterocycles. The highest BCUT2D eigenvalue weighted by Crippen LogP contribution is 2.37. The predicted molar refractivity (Wildman–Crippen MR) is 141 cm³/mol. The van der Waals surface area contributed by atoms with Gasteiger partial charge in [-0.25, -0.2) is 4.39 Å². The van der Waals surface area contributed by atoms with Gasteiger partial charge in [-0.3, -0.25) is 4.55 Å². The van der Waals surface area contributed by atoms with E-state index in [1.54, 1.807) is 12.1 Å². The van der Waals surface area contributed by atoms with Crippen molar-refractivity contribution >= 4 is 27.2 Å². The van der Waals surface area contributed by atoms with Crippen molar-refractivity contribution in [2.75, 3.05) is 25.5 Å². The Morgan fingerprint density at radius 3 is 2.43 bits per heavy atom. The molecule has 1 unspecified atom stereocenters. The van der Waals surface area contributed by atoms with Crippen LogP contribution in [0.2, 0.25) is 0 Å². The van der Waals surface area contributed by atoms with Crippen molar-refractivity contribution in [3.05, 3.63) is 101 Å². The van der Waals surface area contributed by atoms with Crippen LogP contribution in [0.1, 0.15) is 23.6 Å².